The molecular weight excluding hydrogens is 293 g/mol. The van der Waals surface area contributed by atoms with Crippen molar-refractivity contribution in [3.05, 3.63) is 35.1 Å². The maximum Gasteiger partial charge on any atom is 0.157 e. The number of thiophene rings is 1. The number of hydrogen-bond acceptors (Lipinski definition) is 5. The summed E-state index contributed by atoms with van der Waals surface area (Å²) in [5, 5.41) is 14.7. The Bertz CT molecular complexity index is 731. The molecule has 0 saturated heterocycles. The summed E-state index contributed by atoms with van der Waals surface area (Å²) in [6.45, 7) is 2.12. The average molecular weight is 307 g/mol. The normalized spacial score (nSPS) is 12.9. The van der Waals surface area contributed by atoms with Crippen LogP contribution < -0.4 is 5.32 Å². The number of rotatable bonds is 4. The van der Waals surface area contributed by atoms with Gasteiger partial charge in [0.15, 0.2) is 5.01 Å². The van der Waals surface area contributed by atoms with Crippen LogP contribution in [0, 0.1) is 5.82 Å². The number of halogens is 1. The van der Waals surface area contributed by atoms with Crippen LogP contribution in [0.15, 0.2) is 24.3 Å². The van der Waals surface area contributed by atoms with E-state index in [2.05, 4.69) is 22.4 Å². The summed E-state index contributed by atoms with van der Waals surface area (Å²) in [5.74, 6) is -0.204. The third-order valence-electron chi connectivity index (χ3n) is 3.19. The Morgan fingerprint density at radius 1 is 1.25 bits per heavy atom. The number of nitrogens with one attached hydrogen (secondary N) is 1. The highest BCUT2D eigenvalue weighted by Crippen LogP contribution is 2.36. The quantitative estimate of drug-likeness (QED) is 0.784. The van der Waals surface area contributed by atoms with Crippen molar-refractivity contribution in [3.8, 4) is 9.88 Å². The smallest absolute Gasteiger partial charge is 0.157 e. The fourth-order valence-electron chi connectivity index (χ4n) is 2.09. The molecule has 3 aromatic rings. The van der Waals surface area contributed by atoms with Gasteiger partial charge in [0.25, 0.3) is 0 Å². The number of nitrogens with zero attached hydrogens (tertiary/aromatic N) is 2. The highest BCUT2D eigenvalue weighted by atomic mass is 32.1. The Labute approximate surface area is 124 Å². The minimum absolute atomic E-state index is 0.204. The van der Waals surface area contributed by atoms with Crippen molar-refractivity contribution in [2.45, 2.75) is 19.4 Å². The van der Waals surface area contributed by atoms with Gasteiger partial charge in [-0.1, -0.05) is 24.3 Å². The maximum absolute atomic E-state index is 13.2. The van der Waals surface area contributed by atoms with Crippen LogP contribution in [0.1, 0.15) is 24.4 Å². The average Bonchev–Trinajstić information content (AvgIpc) is 3.06. The van der Waals surface area contributed by atoms with Gasteiger partial charge in [-0.3, -0.25) is 0 Å². The third-order valence-corrected chi connectivity index (χ3v) is 5.49. The molecule has 0 amide bonds. The molecule has 1 atom stereocenters. The van der Waals surface area contributed by atoms with Crippen LogP contribution in [-0.4, -0.2) is 17.2 Å². The SMILES string of the molecule is CCC(NC)c1nnc(-c2cc3ccc(F)cc3s2)s1. The molecule has 0 radical (unpaired) electrons. The molecule has 1 unspecified atom stereocenters. The van der Waals surface area contributed by atoms with E-state index in [0.29, 0.717) is 0 Å². The van der Waals surface area contributed by atoms with Gasteiger partial charge in [0.1, 0.15) is 10.8 Å². The van der Waals surface area contributed by atoms with Gasteiger partial charge >= 0.3 is 0 Å². The van der Waals surface area contributed by atoms with Gasteiger partial charge in [-0.2, -0.15) is 0 Å². The molecule has 6 heteroatoms. The lowest BCUT2D eigenvalue weighted by atomic mass is 10.2. The molecule has 0 fully saturated rings. The first-order valence-electron chi connectivity index (χ1n) is 6.41. The van der Waals surface area contributed by atoms with Crippen molar-refractivity contribution in [2.24, 2.45) is 0 Å². The monoisotopic (exact) mass is 307 g/mol. The van der Waals surface area contributed by atoms with Crippen LogP contribution in [-0.2, 0) is 0 Å². The molecule has 1 N–H and O–H groups in total. The molecule has 0 aliphatic heterocycles. The molecule has 0 bridgehead atoms. The molecule has 2 heterocycles. The Kier molecular flexibility index (Phi) is 3.78. The molecule has 104 valence electrons. The minimum Gasteiger partial charge on any atom is -0.311 e. The highest BCUT2D eigenvalue weighted by Gasteiger charge is 2.15. The Morgan fingerprint density at radius 3 is 2.85 bits per heavy atom. The summed E-state index contributed by atoms with van der Waals surface area (Å²) in [6.07, 6.45) is 0.975. The summed E-state index contributed by atoms with van der Waals surface area (Å²) < 4.78 is 14.2. The standard InChI is InChI=1S/C14H14FN3S2/c1-3-10(16-2)13-17-18-14(20-13)12-6-8-4-5-9(15)7-11(8)19-12/h4-7,10,16H,3H2,1-2H3. The summed E-state index contributed by atoms with van der Waals surface area (Å²) in [4.78, 5) is 1.04. The van der Waals surface area contributed by atoms with Crippen molar-refractivity contribution < 1.29 is 4.39 Å². The molecule has 0 aliphatic carbocycles. The van der Waals surface area contributed by atoms with E-state index in [-0.39, 0.29) is 11.9 Å². The van der Waals surface area contributed by atoms with Crippen molar-refractivity contribution in [3.63, 3.8) is 0 Å². The maximum atomic E-state index is 13.2. The first kappa shape index (κ1) is 13.6. The molecule has 20 heavy (non-hydrogen) atoms. The molecular formula is C14H14FN3S2. The summed E-state index contributed by atoms with van der Waals surface area (Å²) in [5.41, 5.74) is 0. The lowest BCUT2D eigenvalue weighted by Gasteiger charge is -2.07. The Morgan fingerprint density at radius 2 is 2.10 bits per heavy atom. The van der Waals surface area contributed by atoms with Crippen molar-refractivity contribution in [2.75, 3.05) is 7.05 Å². The summed E-state index contributed by atoms with van der Waals surface area (Å²) >= 11 is 3.15. The lowest BCUT2D eigenvalue weighted by molar-refractivity contribution is 0.568. The van der Waals surface area contributed by atoms with Crippen molar-refractivity contribution in [1.29, 1.82) is 0 Å². The van der Waals surface area contributed by atoms with Crippen LogP contribution in [0.4, 0.5) is 4.39 Å². The van der Waals surface area contributed by atoms with E-state index in [4.69, 9.17) is 0 Å². The first-order valence-corrected chi connectivity index (χ1v) is 8.04. The third kappa shape index (κ3) is 2.46. The van der Waals surface area contributed by atoms with Gasteiger partial charge in [0.2, 0.25) is 0 Å². The van der Waals surface area contributed by atoms with Crippen molar-refractivity contribution in [1.82, 2.24) is 15.5 Å². The molecule has 0 spiro atoms. The second-order valence-electron chi connectivity index (χ2n) is 4.49. The second kappa shape index (κ2) is 5.55. The molecule has 3 nitrogen and oxygen atoms in total. The van der Waals surface area contributed by atoms with Gasteiger partial charge in [0, 0.05) is 4.70 Å². The fraction of sp³-hybridized carbons (Fsp3) is 0.286. The minimum atomic E-state index is -0.204. The lowest BCUT2D eigenvalue weighted by Crippen LogP contribution is -2.14. The predicted molar refractivity (Wildman–Crippen MR) is 82.8 cm³/mol. The van der Waals surface area contributed by atoms with E-state index < -0.39 is 0 Å². The van der Waals surface area contributed by atoms with Gasteiger partial charge in [-0.15, -0.1) is 21.5 Å². The van der Waals surface area contributed by atoms with E-state index in [0.717, 1.165) is 31.4 Å². The molecule has 0 aliphatic rings. The zero-order valence-electron chi connectivity index (χ0n) is 11.2. The van der Waals surface area contributed by atoms with E-state index >= 15 is 0 Å². The van der Waals surface area contributed by atoms with Crippen LogP contribution in [0.25, 0.3) is 20.0 Å². The molecule has 1 aromatic carbocycles. The topological polar surface area (TPSA) is 37.8 Å². The number of benzene rings is 1. The number of fused-ring (bicyclic) bond motifs is 1. The van der Waals surface area contributed by atoms with Crippen LogP contribution >= 0.6 is 22.7 Å². The van der Waals surface area contributed by atoms with E-state index in [1.54, 1.807) is 34.8 Å². The largest absolute Gasteiger partial charge is 0.311 e. The van der Waals surface area contributed by atoms with Gasteiger partial charge in [0.05, 0.1) is 10.9 Å². The predicted octanol–water partition coefficient (Wildman–Crippen LogP) is 4.23. The molecule has 2 aromatic heterocycles. The van der Waals surface area contributed by atoms with Gasteiger partial charge in [-0.25, -0.2) is 4.39 Å². The first-order chi connectivity index (χ1) is 9.71. The van der Waals surface area contributed by atoms with Gasteiger partial charge in [-0.05, 0) is 37.1 Å². The Balaban J connectivity index is 1.98. The fourth-order valence-corrected chi connectivity index (χ4v) is 4.25. The summed E-state index contributed by atoms with van der Waals surface area (Å²) in [6, 6.07) is 7.14. The number of hydrogen-bond donors (Lipinski definition) is 1. The number of aromatic nitrogens is 2. The Hall–Kier alpha value is -1.37. The van der Waals surface area contributed by atoms with Crippen LogP contribution in [0.3, 0.4) is 0 Å². The zero-order chi connectivity index (χ0) is 14.1. The van der Waals surface area contributed by atoms with Crippen LogP contribution in [0.2, 0.25) is 0 Å². The highest BCUT2D eigenvalue weighted by molar-refractivity contribution is 7.25. The molecule has 3 rings (SSSR count). The van der Waals surface area contributed by atoms with Gasteiger partial charge < -0.3 is 5.32 Å². The van der Waals surface area contributed by atoms with Crippen molar-refractivity contribution >= 4 is 32.8 Å². The second-order valence-corrected chi connectivity index (χ2v) is 6.58. The zero-order valence-corrected chi connectivity index (χ0v) is 12.8. The van der Waals surface area contributed by atoms with Crippen LogP contribution in [0.5, 0.6) is 0 Å². The molecule has 0 saturated carbocycles. The van der Waals surface area contributed by atoms with E-state index in [1.165, 1.54) is 6.07 Å². The summed E-state index contributed by atoms with van der Waals surface area (Å²) in [7, 11) is 1.93. The van der Waals surface area contributed by atoms with E-state index in [1.807, 2.05) is 13.1 Å². The van der Waals surface area contributed by atoms with E-state index in [9.17, 15) is 4.39 Å².